The summed E-state index contributed by atoms with van der Waals surface area (Å²) in [5, 5.41) is 4.44. The lowest BCUT2D eigenvalue weighted by Gasteiger charge is -2.15. The van der Waals surface area contributed by atoms with E-state index in [2.05, 4.69) is 12.2 Å². The van der Waals surface area contributed by atoms with Gasteiger partial charge in [0.1, 0.15) is 5.75 Å². The summed E-state index contributed by atoms with van der Waals surface area (Å²) in [6.07, 6.45) is 2.11. The van der Waals surface area contributed by atoms with Crippen molar-refractivity contribution in [3.63, 3.8) is 0 Å². The van der Waals surface area contributed by atoms with Crippen LogP contribution in [0.4, 0.5) is 11.4 Å². The average molecular weight is 463 g/mol. The molecule has 170 valence electrons. The predicted octanol–water partition coefficient (Wildman–Crippen LogP) is 5.02. The smallest absolute Gasteiger partial charge is 0.247 e. The number of thioether (sulfide) groups is 1. The van der Waals surface area contributed by atoms with Crippen molar-refractivity contribution in [1.82, 2.24) is 0 Å². The molecule has 0 aliphatic carbocycles. The van der Waals surface area contributed by atoms with Gasteiger partial charge >= 0.3 is 0 Å². The summed E-state index contributed by atoms with van der Waals surface area (Å²) in [5.41, 5.74) is 1.23. The first-order valence-electron chi connectivity index (χ1n) is 11.0. The van der Waals surface area contributed by atoms with Gasteiger partial charge in [0, 0.05) is 12.1 Å². The highest BCUT2D eigenvalue weighted by atomic mass is 32.2. The molecule has 1 unspecified atom stereocenters. The van der Waals surface area contributed by atoms with Crippen LogP contribution in [0, 0.1) is 0 Å². The molecule has 1 fully saturated rings. The number of benzene rings is 3. The average Bonchev–Trinajstić information content (AvgIpc) is 3.11. The zero-order chi connectivity index (χ0) is 23.2. The molecule has 7 heteroatoms. The molecule has 3 aromatic rings. The second-order valence-electron chi connectivity index (χ2n) is 7.88. The first-order chi connectivity index (χ1) is 16.0. The Bertz CT molecular complexity index is 1160. The molecule has 0 aromatic heterocycles. The van der Waals surface area contributed by atoms with E-state index in [9.17, 15) is 14.4 Å². The molecule has 1 heterocycles. The molecule has 4 rings (SSSR count). The highest BCUT2D eigenvalue weighted by Crippen LogP contribution is 2.31. The van der Waals surface area contributed by atoms with Gasteiger partial charge in [0.25, 0.3) is 0 Å². The van der Waals surface area contributed by atoms with Crippen LogP contribution in [-0.2, 0) is 14.4 Å². The van der Waals surface area contributed by atoms with Gasteiger partial charge in [0.05, 0.1) is 23.3 Å². The maximum absolute atomic E-state index is 12.9. The predicted molar refractivity (Wildman–Crippen MR) is 133 cm³/mol. The minimum absolute atomic E-state index is 0.0848. The molecule has 1 saturated heterocycles. The topological polar surface area (TPSA) is 75.7 Å². The van der Waals surface area contributed by atoms with E-state index < -0.39 is 5.25 Å². The first kappa shape index (κ1) is 22.9. The fourth-order valence-electron chi connectivity index (χ4n) is 3.67. The molecule has 6 nitrogen and oxygen atoms in total. The van der Waals surface area contributed by atoms with Crippen molar-refractivity contribution < 1.29 is 19.1 Å². The number of unbranched alkanes of at least 4 members (excludes halogenated alkanes) is 1. The summed E-state index contributed by atoms with van der Waals surface area (Å²) in [5.74, 6) is 0.0505. The van der Waals surface area contributed by atoms with Crippen LogP contribution in [0.2, 0.25) is 0 Å². The van der Waals surface area contributed by atoms with Crippen molar-refractivity contribution in [3.05, 3.63) is 66.7 Å². The molecule has 33 heavy (non-hydrogen) atoms. The fourth-order valence-corrected chi connectivity index (χ4v) is 4.60. The van der Waals surface area contributed by atoms with E-state index in [4.69, 9.17) is 4.74 Å². The van der Waals surface area contributed by atoms with Gasteiger partial charge < -0.3 is 10.1 Å². The lowest BCUT2D eigenvalue weighted by atomic mass is 10.1. The van der Waals surface area contributed by atoms with Crippen molar-refractivity contribution >= 4 is 51.6 Å². The second kappa shape index (κ2) is 10.5. The van der Waals surface area contributed by atoms with Crippen LogP contribution in [-0.4, -0.2) is 35.3 Å². The standard InChI is InChI=1S/C26H26N2O4S/c1-2-3-14-32-22-12-10-21(11-13-22)28-25(30)16-23(26(28)31)33-17-24(29)27-20-9-8-18-6-4-5-7-19(18)15-20/h4-13,15,23H,2-3,14,16-17H2,1H3,(H,27,29). The Balaban J connectivity index is 1.32. The third-order valence-corrected chi connectivity index (χ3v) is 6.62. The summed E-state index contributed by atoms with van der Waals surface area (Å²) in [7, 11) is 0. The monoisotopic (exact) mass is 462 g/mol. The van der Waals surface area contributed by atoms with Gasteiger partial charge in [0.15, 0.2) is 0 Å². The lowest BCUT2D eigenvalue weighted by molar-refractivity contribution is -0.121. The van der Waals surface area contributed by atoms with Crippen LogP contribution in [0.15, 0.2) is 66.7 Å². The van der Waals surface area contributed by atoms with E-state index in [1.54, 1.807) is 24.3 Å². The SMILES string of the molecule is CCCCOc1ccc(N2C(=O)CC(SCC(=O)Nc3ccc4ccccc4c3)C2=O)cc1. The number of hydrogen-bond acceptors (Lipinski definition) is 5. The third-order valence-electron chi connectivity index (χ3n) is 5.42. The van der Waals surface area contributed by atoms with Crippen LogP contribution in [0.3, 0.4) is 0 Å². The molecular weight excluding hydrogens is 436 g/mol. The number of carbonyl (C=O) groups excluding carboxylic acids is 3. The number of nitrogens with zero attached hydrogens (tertiary/aromatic N) is 1. The van der Waals surface area contributed by atoms with Crippen LogP contribution < -0.4 is 15.0 Å². The summed E-state index contributed by atoms with van der Waals surface area (Å²) >= 11 is 1.19. The summed E-state index contributed by atoms with van der Waals surface area (Å²) in [6, 6.07) is 20.6. The van der Waals surface area contributed by atoms with E-state index >= 15 is 0 Å². The number of hydrogen-bond donors (Lipinski definition) is 1. The van der Waals surface area contributed by atoms with Gasteiger partial charge in [-0.15, -0.1) is 11.8 Å². The number of carbonyl (C=O) groups is 3. The Labute approximate surface area is 197 Å². The molecule has 0 saturated carbocycles. The minimum Gasteiger partial charge on any atom is -0.494 e. The summed E-state index contributed by atoms with van der Waals surface area (Å²) in [6.45, 7) is 2.73. The molecule has 3 amide bonds. The third kappa shape index (κ3) is 5.54. The minimum atomic E-state index is -0.569. The highest BCUT2D eigenvalue weighted by Gasteiger charge is 2.40. The van der Waals surface area contributed by atoms with Crippen LogP contribution in [0.5, 0.6) is 5.75 Å². The van der Waals surface area contributed by atoms with E-state index in [1.807, 2.05) is 42.5 Å². The Kier molecular flexibility index (Phi) is 7.29. The number of ether oxygens (including phenoxy) is 1. The molecule has 1 N–H and O–H groups in total. The zero-order valence-electron chi connectivity index (χ0n) is 18.5. The molecular formula is C26H26N2O4S. The van der Waals surface area contributed by atoms with Crippen molar-refractivity contribution in [2.24, 2.45) is 0 Å². The van der Waals surface area contributed by atoms with Crippen LogP contribution >= 0.6 is 11.8 Å². The maximum atomic E-state index is 12.9. The van der Waals surface area contributed by atoms with Crippen LogP contribution in [0.25, 0.3) is 10.8 Å². The molecule has 0 spiro atoms. The fraction of sp³-hybridized carbons (Fsp3) is 0.269. The van der Waals surface area contributed by atoms with Crippen molar-refractivity contribution in [2.75, 3.05) is 22.6 Å². The highest BCUT2D eigenvalue weighted by molar-refractivity contribution is 8.01. The Morgan fingerprint density at radius 3 is 2.58 bits per heavy atom. The number of anilines is 2. The van der Waals surface area contributed by atoms with Crippen LogP contribution in [0.1, 0.15) is 26.2 Å². The second-order valence-corrected chi connectivity index (χ2v) is 9.07. The number of amides is 3. The molecule has 0 radical (unpaired) electrons. The van der Waals surface area contributed by atoms with E-state index in [1.165, 1.54) is 16.7 Å². The van der Waals surface area contributed by atoms with Crippen molar-refractivity contribution in [1.29, 1.82) is 0 Å². The quantitative estimate of drug-likeness (QED) is 0.357. The van der Waals surface area contributed by atoms with E-state index in [-0.39, 0.29) is 29.9 Å². The zero-order valence-corrected chi connectivity index (χ0v) is 19.3. The van der Waals surface area contributed by atoms with Crippen molar-refractivity contribution in [3.8, 4) is 5.75 Å². The summed E-state index contributed by atoms with van der Waals surface area (Å²) < 4.78 is 5.64. The Morgan fingerprint density at radius 1 is 1.06 bits per heavy atom. The molecule has 0 bridgehead atoms. The van der Waals surface area contributed by atoms with Crippen molar-refractivity contribution in [2.45, 2.75) is 31.4 Å². The van der Waals surface area contributed by atoms with Gasteiger partial charge in [-0.3, -0.25) is 14.4 Å². The van der Waals surface area contributed by atoms with Gasteiger partial charge in [-0.1, -0.05) is 43.7 Å². The number of imide groups is 1. The Hall–Kier alpha value is -3.32. The molecule has 3 aromatic carbocycles. The van der Waals surface area contributed by atoms with Gasteiger partial charge in [-0.05, 0) is 53.6 Å². The first-order valence-corrected chi connectivity index (χ1v) is 12.1. The Morgan fingerprint density at radius 2 is 1.82 bits per heavy atom. The number of rotatable bonds is 9. The number of fused-ring (bicyclic) bond motifs is 1. The lowest BCUT2D eigenvalue weighted by Crippen LogP contribution is -2.31. The van der Waals surface area contributed by atoms with E-state index in [0.29, 0.717) is 23.7 Å². The maximum Gasteiger partial charge on any atom is 0.247 e. The van der Waals surface area contributed by atoms with Gasteiger partial charge in [-0.25, -0.2) is 4.90 Å². The molecule has 1 aliphatic heterocycles. The van der Waals surface area contributed by atoms with Gasteiger partial charge in [0.2, 0.25) is 17.7 Å². The molecule has 1 atom stereocenters. The largest absolute Gasteiger partial charge is 0.494 e. The molecule has 1 aliphatic rings. The van der Waals surface area contributed by atoms with Gasteiger partial charge in [-0.2, -0.15) is 0 Å². The van der Waals surface area contributed by atoms with E-state index in [0.717, 1.165) is 23.6 Å². The normalized spacial score (nSPS) is 15.8. The number of nitrogens with one attached hydrogen (secondary N) is 1. The summed E-state index contributed by atoms with van der Waals surface area (Å²) in [4.78, 5) is 39.0.